The number of halogens is 1. The van der Waals surface area contributed by atoms with Gasteiger partial charge in [0.2, 0.25) is 0 Å². The lowest BCUT2D eigenvalue weighted by Gasteiger charge is -2.07. The van der Waals surface area contributed by atoms with Gasteiger partial charge in [-0.25, -0.2) is 4.39 Å². The molecule has 0 bridgehead atoms. The van der Waals surface area contributed by atoms with E-state index < -0.39 is 0 Å². The topological polar surface area (TPSA) is 53.1 Å². The zero-order valence-electron chi connectivity index (χ0n) is 10.7. The van der Waals surface area contributed by atoms with Gasteiger partial charge in [0.25, 0.3) is 0 Å². The van der Waals surface area contributed by atoms with E-state index in [4.69, 9.17) is 10.5 Å². The molecular weight excluding hydrogens is 233 g/mol. The van der Waals surface area contributed by atoms with Gasteiger partial charge in [-0.05, 0) is 19.9 Å². The van der Waals surface area contributed by atoms with Gasteiger partial charge in [0.1, 0.15) is 11.6 Å². The van der Waals surface area contributed by atoms with Gasteiger partial charge in [-0.1, -0.05) is 6.07 Å². The van der Waals surface area contributed by atoms with Gasteiger partial charge in [0.05, 0.1) is 30.7 Å². The first-order chi connectivity index (χ1) is 8.52. The van der Waals surface area contributed by atoms with Crippen molar-refractivity contribution in [2.24, 2.45) is 0 Å². The molecule has 0 atom stereocenters. The van der Waals surface area contributed by atoms with Crippen LogP contribution in [0.25, 0.3) is 0 Å². The van der Waals surface area contributed by atoms with Gasteiger partial charge in [0, 0.05) is 11.6 Å². The minimum atomic E-state index is -0.305. The number of hydrogen-bond donors (Lipinski definition) is 1. The van der Waals surface area contributed by atoms with E-state index >= 15 is 0 Å². The predicted molar refractivity (Wildman–Crippen MR) is 68.2 cm³/mol. The molecule has 0 aliphatic heterocycles. The third kappa shape index (κ3) is 2.16. The van der Waals surface area contributed by atoms with Gasteiger partial charge in [0.15, 0.2) is 0 Å². The Kier molecular flexibility index (Phi) is 3.23. The zero-order valence-corrected chi connectivity index (χ0v) is 10.7. The molecule has 0 saturated carbocycles. The van der Waals surface area contributed by atoms with Crippen LogP contribution in [0.15, 0.2) is 18.2 Å². The van der Waals surface area contributed by atoms with E-state index in [1.54, 1.807) is 16.8 Å². The van der Waals surface area contributed by atoms with E-state index in [9.17, 15) is 4.39 Å². The molecule has 5 heteroatoms. The molecule has 0 amide bonds. The molecule has 1 aromatic carbocycles. The van der Waals surface area contributed by atoms with Crippen molar-refractivity contribution in [1.82, 2.24) is 9.78 Å². The molecule has 1 aromatic heterocycles. The largest absolute Gasteiger partial charge is 0.497 e. The monoisotopic (exact) mass is 249 g/mol. The Labute approximate surface area is 105 Å². The van der Waals surface area contributed by atoms with Crippen molar-refractivity contribution in [2.45, 2.75) is 20.4 Å². The predicted octanol–water partition coefficient (Wildman–Crippen LogP) is 2.28. The highest BCUT2D eigenvalue weighted by atomic mass is 19.1. The van der Waals surface area contributed by atoms with Crippen molar-refractivity contribution in [3.63, 3.8) is 0 Å². The lowest BCUT2D eigenvalue weighted by molar-refractivity contribution is 0.410. The van der Waals surface area contributed by atoms with Gasteiger partial charge in [-0.3, -0.25) is 4.68 Å². The quantitative estimate of drug-likeness (QED) is 0.908. The molecular formula is C13H16FN3O. The Hall–Kier alpha value is -2.04. The van der Waals surface area contributed by atoms with Crippen LogP contribution in [0, 0.1) is 19.7 Å². The van der Waals surface area contributed by atoms with Crippen molar-refractivity contribution in [3.05, 3.63) is 41.0 Å². The fourth-order valence-electron chi connectivity index (χ4n) is 1.81. The number of anilines is 1. The first-order valence-corrected chi connectivity index (χ1v) is 5.65. The van der Waals surface area contributed by atoms with E-state index in [1.165, 1.54) is 13.2 Å². The summed E-state index contributed by atoms with van der Waals surface area (Å²) in [7, 11) is 1.51. The van der Waals surface area contributed by atoms with Crippen LogP contribution in [0.1, 0.15) is 17.0 Å². The maximum absolute atomic E-state index is 13.8. The van der Waals surface area contributed by atoms with Crippen LogP contribution in [0.3, 0.4) is 0 Å². The smallest absolute Gasteiger partial charge is 0.131 e. The standard InChI is InChI=1S/C13H16FN3O/c1-8-13(15)9(2)17(16-8)7-10-4-5-11(18-3)6-12(10)14/h4-6H,7,15H2,1-3H3. The Morgan fingerprint density at radius 2 is 2.11 bits per heavy atom. The maximum Gasteiger partial charge on any atom is 0.131 e. The Bertz CT molecular complexity index is 578. The van der Waals surface area contributed by atoms with Crippen LogP contribution in [-0.2, 0) is 6.54 Å². The highest BCUT2D eigenvalue weighted by Crippen LogP contribution is 2.20. The van der Waals surface area contributed by atoms with Crippen molar-refractivity contribution in [1.29, 1.82) is 0 Å². The number of ether oxygens (including phenoxy) is 1. The number of aryl methyl sites for hydroxylation is 1. The summed E-state index contributed by atoms with van der Waals surface area (Å²) in [4.78, 5) is 0. The summed E-state index contributed by atoms with van der Waals surface area (Å²) in [6.07, 6.45) is 0. The van der Waals surface area contributed by atoms with Crippen LogP contribution in [0.5, 0.6) is 5.75 Å². The Morgan fingerprint density at radius 3 is 2.61 bits per heavy atom. The third-order valence-electron chi connectivity index (χ3n) is 3.02. The summed E-state index contributed by atoms with van der Waals surface area (Å²) in [5, 5.41) is 4.28. The zero-order chi connectivity index (χ0) is 13.3. The molecule has 4 nitrogen and oxygen atoms in total. The highest BCUT2D eigenvalue weighted by Gasteiger charge is 2.11. The van der Waals surface area contributed by atoms with E-state index in [-0.39, 0.29) is 5.82 Å². The molecule has 2 aromatic rings. The first kappa shape index (κ1) is 12.4. The van der Waals surface area contributed by atoms with Crippen molar-refractivity contribution >= 4 is 5.69 Å². The van der Waals surface area contributed by atoms with Gasteiger partial charge in [-0.2, -0.15) is 5.10 Å². The number of nitrogens with two attached hydrogens (primary N) is 1. The summed E-state index contributed by atoms with van der Waals surface area (Å²) in [6, 6.07) is 4.79. The van der Waals surface area contributed by atoms with Crippen molar-refractivity contribution in [3.8, 4) is 5.75 Å². The minimum absolute atomic E-state index is 0.305. The van der Waals surface area contributed by atoms with Crippen molar-refractivity contribution < 1.29 is 9.13 Å². The average molecular weight is 249 g/mol. The summed E-state index contributed by atoms with van der Waals surface area (Å²) >= 11 is 0. The van der Waals surface area contributed by atoms with Crippen LogP contribution < -0.4 is 10.5 Å². The molecule has 96 valence electrons. The van der Waals surface area contributed by atoms with E-state index in [0.717, 1.165) is 11.4 Å². The lowest BCUT2D eigenvalue weighted by Crippen LogP contribution is -2.06. The molecule has 1 heterocycles. The summed E-state index contributed by atoms with van der Waals surface area (Å²) < 4.78 is 20.5. The highest BCUT2D eigenvalue weighted by molar-refractivity contribution is 5.47. The molecule has 0 saturated heterocycles. The second kappa shape index (κ2) is 4.68. The number of hydrogen-bond acceptors (Lipinski definition) is 3. The molecule has 0 aliphatic rings. The number of nitrogens with zero attached hydrogens (tertiary/aromatic N) is 2. The molecule has 0 unspecified atom stereocenters. The van der Waals surface area contributed by atoms with Crippen LogP contribution >= 0.6 is 0 Å². The number of benzene rings is 1. The fraction of sp³-hybridized carbons (Fsp3) is 0.308. The summed E-state index contributed by atoms with van der Waals surface area (Å²) in [5.41, 5.74) is 8.67. The van der Waals surface area contributed by atoms with Gasteiger partial charge < -0.3 is 10.5 Å². The number of nitrogen functional groups attached to an aromatic ring is 1. The second-order valence-corrected chi connectivity index (χ2v) is 4.20. The van der Waals surface area contributed by atoms with E-state index in [1.807, 2.05) is 13.8 Å². The number of aromatic nitrogens is 2. The fourth-order valence-corrected chi connectivity index (χ4v) is 1.81. The van der Waals surface area contributed by atoms with Crippen LogP contribution in [0.2, 0.25) is 0 Å². The number of rotatable bonds is 3. The molecule has 0 spiro atoms. The average Bonchev–Trinajstić information content (AvgIpc) is 2.59. The van der Waals surface area contributed by atoms with Crippen LogP contribution in [0.4, 0.5) is 10.1 Å². The van der Waals surface area contributed by atoms with E-state index in [2.05, 4.69) is 5.10 Å². The molecule has 2 rings (SSSR count). The van der Waals surface area contributed by atoms with Crippen molar-refractivity contribution in [2.75, 3.05) is 12.8 Å². The minimum Gasteiger partial charge on any atom is -0.497 e. The summed E-state index contributed by atoms with van der Waals surface area (Å²) in [5.74, 6) is 0.199. The Morgan fingerprint density at radius 1 is 1.39 bits per heavy atom. The normalized spacial score (nSPS) is 10.7. The SMILES string of the molecule is COc1ccc(Cn2nc(C)c(N)c2C)c(F)c1. The lowest BCUT2D eigenvalue weighted by atomic mass is 10.2. The Balaban J connectivity index is 2.31. The van der Waals surface area contributed by atoms with Gasteiger partial charge in [-0.15, -0.1) is 0 Å². The molecule has 0 radical (unpaired) electrons. The van der Waals surface area contributed by atoms with E-state index in [0.29, 0.717) is 23.5 Å². The second-order valence-electron chi connectivity index (χ2n) is 4.20. The molecule has 18 heavy (non-hydrogen) atoms. The molecule has 0 fully saturated rings. The molecule has 0 aliphatic carbocycles. The molecule has 2 N–H and O–H groups in total. The van der Waals surface area contributed by atoms with Gasteiger partial charge >= 0.3 is 0 Å². The third-order valence-corrected chi connectivity index (χ3v) is 3.02. The maximum atomic E-state index is 13.8. The van der Waals surface area contributed by atoms with Crippen LogP contribution in [-0.4, -0.2) is 16.9 Å². The first-order valence-electron chi connectivity index (χ1n) is 5.65. The summed E-state index contributed by atoms with van der Waals surface area (Å²) in [6.45, 7) is 4.07. The number of methoxy groups -OCH3 is 1.